The first-order valence-electron chi connectivity index (χ1n) is 6.29. The standard InChI is InChI=1S/C12H22O7/c1-5(2)17-9-7(13)8(14)12(18-6(3)4)19-10(9)11(15)16/h5-10,12-14H,1-4H3,(H,15,16)/t7-,8+,9+,10?,12-/m1/s1. The first-order chi connectivity index (χ1) is 8.73. The molecule has 1 rings (SSSR count). The van der Waals surface area contributed by atoms with Gasteiger partial charge in [0.1, 0.15) is 18.3 Å². The number of ether oxygens (including phenoxy) is 3. The Kier molecular flexibility index (Phi) is 5.69. The molecule has 0 aromatic heterocycles. The molecule has 0 radical (unpaired) electrons. The van der Waals surface area contributed by atoms with Crippen molar-refractivity contribution >= 4 is 5.97 Å². The van der Waals surface area contributed by atoms with E-state index in [4.69, 9.17) is 19.3 Å². The molecule has 3 N–H and O–H groups in total. The highest BCUT2D eigenvalue weighted by atomic mass is 16.7. The molecule has 1 aliphatic rings. The first-order valence-corrected chi connectivity index (χ1v) is 6.29. The van der Waals surface area contributed by atoms with Gasteiger partial charge < -0.3 is 29.5 Å². The van der Waals surface area contributed by atoms with Gasteiger partial charge in [-0.05, 0) is 27.7 Å². The predicted octanol–water partition coefficient (Wildman–Crippen LogP) is -0.264. The summed E-state index contributed by atoms with van der Waals surface area (Å²) in [6.45, 7) is 6.84. The van der Waals surface area contributed by atoms with Crippen molar-refractivity contribution in [1.82, 2.24) is 0 Å². The normalized spacial score (nSPS) is 35.9. The second kappa shape index (κ2) is 6.62. The highest BCUT2D eigenvalue weighted by Crippen LogP contribution is 2.26. The molecule has 1 unspecified atom stereocenters. The van der Waals surface area contributed by atoms with Gasteiger partial charge in [0.2, 0.25) is 0 Å². The van der Waals surface area contributed by atoms with Crippen molar-refractivity contribution in [2.24, 2.45) is 0 Å². The number of rotatable bonds is 5. The number of aliphatic carboxylic acids is 1. The molecule has 7 nitrogen and oxygen atoms in total. The molecule has 5 atom stereocenters. The highest BCUT2D eigenvalue weighted by Gasteiger charge is 2.49. The van der Waals surface area contributed by atoms with Crippen LogP contribution in [-0.2, 0) is 19.0 Å². The monoisotopic (exact) mass is 278 g/mol. The van der Waals surface area contributed by atoms with Gasteiger partial charge in [-0.2, -0.15) is 0 Å². The van der Waals surface area contributed by atoms with Gasteiger partial charge in [0.25, 0.3) is 0 Å². The third-order valence-corrected chi connectivity index (χ3v) is 2.62. The second-order valence-electron chi connectivity index (χ2n) is 5.08. The SMILES string of the molecule is CC(C)O[C@@H]1OC(C(=O)O)[C@@H](OC(C)C)[C@H](O)[C@@H]1O. The van der Waals surface area contributed by atoms with E-state index in [1.54, 1.807) is 27.7 Å². The van der Waals surface area contributed by atoms with Crippen molar-refractivity contribution in [2.45, 2.75) is 70.6 Å². The van der Waals surface area contributed by atoms with E-state index in [-0.39, 0.29) is 12.2 Å². The minimum Gasteiger partial charge on any atom is -0.479 e. The number of hydrogen-bond donors (Lipinski definition) is 3. The summed E-state index contributed by atoms with van der Waals surface area (Å²) in [6.07, 6.45) is -7.04. The van der Waals surface area contributed by atoms with E-state index in [1.165, 1.54) is 0 Å². The smallest absolute Gasteiger partial charge is 0.335 e. The maximum absolute atomic E-state index is 11.2. The summed E-state index contributed by atoms with van der Waals surface area (Å²) < 4.78 is 15.8. The molecule has 1 fully saturated rings. The molecule has 0 aromatic carbocycles. The van der Waals surface area contributed by atoms with E-state index in [0.29, 0.717) is 0 Å². The van der Waals surface area contributed by atoms with Gasteiger partial charge in [0, 0.05) is 0 Å². The van der Waals surface area contributed by atoms with Crippen LogP contribution in [0.5, 0.6) is 0 Å². The summed E-state index contributed by atoms with van der Waals surface area (Å²) in [5.74, 6) is -1.27. The summed E-state index contributed by atoms with van der Waals surface area (Å²) in [7, 11) is 0. The third kappa shape index (κ3) is 4.12. The van der Waals surface area contributed by atoms with Crippen molar-refractivity contribution in [3.63, 3.8) is 0 Å². The van der Waals surface area contributed by atoms with E-state index >= 15 is 0 Å². The van der Waals surface area contributed by atoms with Crippen molar-refractivity contribution < 1.29 is 34.3 Å². The predicted molar refractivity (Wildman–Crippen MR) is 64.5 cm³/mol. The minimum absolute atomic E-state index is 0.274. The topological polar surface area (TPSA) is 105 Å². The minimum atomic E-state index is -1.39. The molecular formula is C12H22O7. The van der Waals surface area contributed by atoms with Crippen LogP contribution in [0.1, 0.15) is 27.7 Å². The Labute approximate surface area is 112 Å². The van der Waals surface area contributed by atoms with E-state index < -0.39 is 36.7 Å². The van der Waals surface area contributed by atoms with Crippen LogP contribution in [0, 0.1) is 0 Å². The third-order valence-electron chi connectivity index (χ3n) is 2.62. The number of hydrogen-bond acceptors (Lipinski definition) is 6. The fraction of sp³-hybridized carbons (Fsp3) is 0.917. The molecule has 0 bridgehead atoms. The second-order valence-corrected chi connectivity index (χ2v) is 5.08. The summed E-state index contributed by atoms with van der Waals surface area (Å²) in [6, 6.07) is 0. The van der Waals surface area contributed by atoms with Gasteiger partial charge >= 0.3 is 5.97 Å². The summed E-state index contributed by atoms with van der Waals surface area (Å²) >= 11 is 0. The van der Waals surface area contributed by atoms with Crippen molar-refractivity contribution in [3.8, 4) is 0 Å². The lowest BCUT2D eigenvalue weighted by Gasteiger charge is -2.41. The Balaban J connectivity index is 2.87. The van der Waals surface area contributed by atoms with Crippen molar-refractivity contribution in [2.75, 3.05) is 0 Å². The molecule has 1 heterocycles. The van der Waals surface area contributed by atoms with E-state index in [2.05, 4.69) is 0 Å². The van der Waals surface area contributed by atoms with Gasteiger partial charge in [-0.1, -0.05) is 0 Å². The lowest BCUT2D eigenvalue weighted by atomic mass is 9.98. The van der Waals surface area contributed by atoms with Crippen LogP contribution < -0.4 is 0 Å². The zero-order chi connectivity index (χ0) is 14.7. The highest BCUT2D eigenvalue weighted by molar-refractivity contribution is 5.73. The van der Waals surface area contributed by atoms with Gasteiger partial charge in [0.05, 0.1) is 12.2 Å². The number of carboxylic acids is 1. The zero-order valence-electron chi connectivity index (χ0n) is 11.5. The molecule has 0 amide bonds. The molecule has 0 saturated carbocycles. The van der Waals surface area contributed by atoms with Crippen LogP contribution in [0.15, 0.2) is 0 Å². The molecular weight excluding hydrogens is 256 g/mol. The average molecular weight is 278 g/mol. The summed E-state index contributed by atoms with van der Waals surface area (Å²) in [5, 5.41) is 29.0. The largest absolute Gasteiger partial charge is 0.479 e. The van der Waals surface area contributed by atoms with Crippen LogP contribution in [0.25, 0.3) is 0 Å². The van der Waals surface area contributed by atoms with Gasteiger partial charge in [-0.25, -0.2) is 4.79 Å². The number of aliphatic hydroxyl groups is 2. The lowest BCUT2D eigenvalue weighted by Crippen LogP contribution is -2.61. The molecule has 0 spiro atoms. The fourth-order valence-electron chi connectivity index (χ4n) is 1.88. The average Bonchev–Trinajstić information content (AvgIpc) is 2.27. The van der Waals surface area contributed by atoms with Crippen LogP contribution in [0.4, 0.5) is 0 Å². The molecule has 7 heteroatoms. The number of carbonyl (C=O) groups is 1. The Morgan fingerprint density at radius 2 is 1.58 bits per heavy atom. The van der Waals surface area contributed by atoms with Crippen LogP contribution in [-0.4, -0.2) is 64.2 Å². The first kappa shape index (κ1) is 16.3. The van der Waals surface area contributed by atoms with Crippen LogP contribution in [0.3, 0.4) is 0 Å². The molecule has 1 aliphatic heterocycles. The van der Waals surface area contributed by atoms with E-state index in [1.807, 2.05) is 0 Å². The Bertz CT molecular complexity index is 304. The maximum atomic E-state index is 11.2. The molecule has 19 heavy (non-hydrogen) atoms. The molecule has 1 saturated heterocycles. The van der Waals surface area contributed by atoms with Crippen molar-refractivity contribution in [3.05, 3.63) is 0 Å². The number of aliphatic hydroxyl groups excluding tert-OH is 2. The summed E-state index contributed by atoms with van der Waals surface area (Å²) in [5.41, 5.74) is 0. The van der Waals surface area contributed by atoms with E-state index in [0.717, 1.165) is 0 Å². The summed E-state index contributed by atoms with van der Waals surface area (Å²) in [4.78, 5) is 11.2. The maximum Gasteiger partial charge on any atom is 0.335 e. The zero-order valence-corrected chi connectivity index (χ0v) is 11.5. The molecule has 0 aliphatic carbocycles. The van der Waals surface area contributed by atoms with Gasteiger partial charge in [-0.3, -0.25) is 0 Å². The Morgan fingerprint density at radius 3 is 2.00 bits per heavy atom. The number of carboxylic acid groups (broad SMARTS) is 1. The van der Waals surface area contributed by atoms with Crippen LogP contribution >= 0.6 is 0 Å². The molecule has 112 valence electrons. The molecule has 0 aromatic rings. The van der Waals surface area contributed by atoms with Gasteiger partial charge in [0.15, 0.2) is 12.4 Å². The van der Waals surface area contributed by atoms with Gasteiger partial charge in [-0.15, -0.1) is 0 Å². The fourth-order valence-corrected chi connectivity index (χ4v) is 1.88. The van der Waals surface area contributed by atoms with E-state index in [9.17, 15) is 15.0 Å². The lowest BCUT2D eigenvalue weighted by molar-refractivity contribution is -0.310. The quantitative estimate of drug-likeness (QED) is 0.636. The Morgan fingerprint density at radius 1 is 1.05 bits per heavy atom. The Hall–Kier alpha value is -0.730. The van der Waals surface area contributed by atoms with Crippen LogP contribution in [0.2, 0.25) is 0 Å². The van der Waals surface area contributed by atoms with Crippen molar-refractivity contribution in [1.29, 1.82) is 0 Å².